The number of anilines is 2. The molecule has 13 nitrogen and oxygen atoms in total. The number of nitrogen functional groups attached to an aromatic ring is 1. The van der Waals surface area contributed by atoms with Crippen LogP contribution in [-0.4, -0.2) is 110 Å². The van der Waals surface area contributed by atoms with Crippen LogP contribution in [0.2, 0.25) is 0 Å². The summed E-state index contributed by atoms with van der Waals surface area (Å²) in [6.45, 7) is 6.61. The Kier molecular flexibility index (Phi) is 9.38. The van der Waals surface area contributed by atoms with E-state index in [1.165, 1.54) is 31.2 Å². The van der Waals surface area contributed by atoms with E-state index in [1.54, 1.807) is 6.20 Å². The largest absolute Gasteiger partial charge is 0.493 e. The molecule has 1 amide bonds. The molecular weight excluding hydrogens is 679 g/mol. The lowest BCUT2D eigenvalue weighted by Gasteiger charge is -2.34. The van der Waals surface area contributed by atoms with Gasteiger partial charge in [-0.2, -0.15) is 0 Å². The lowest BCUT2D eigenvalue weighted by Crippen LogP contribution is -2.47. The molecule has 2 saturated carbocycles. The van der Waals surface area contributed by atoms with E-state index in [-0.39, 0.29) is 5.91 Å². The Hall–Kier alpha value is -5.45. The Morgan fingerprint density at radius 3 is 2.52 bits per heavy atom. The molecular formula is C41H47N11O2. The highest BCUT2D eigenvalue weighted by Crippen LogP contribution is 2.35. The van der Waals surface area contributed by atoms with Crippen molar-refractivity contribution in [2.45, 2.75) is 57.0 Å². The molecule has 3 N–H and O–H groups in total. The zero-order valence-corrected chi connectivity index (χ0v) is 30.8. The number of hydrogen-bond acceptors (Lipinski definition) is 10. The number of nitrogens with zero attached hydrogens (tertiary/aromatic N) is 9. The summed E-state index contributed by atoms with van der Waals surface area (Å²) in [5.41, 5.74) is 10.7. The van der Waals surface area contributed by atoms with Crippen LogP contribution in [0.15, 0.2) is 60.9 Å². The molecule has 2 aliphatic carbocycles. The van der Waals surface area contributed by atoms with Gasteiger partial charge in [-0.25, -0.2) is 19.6 Å². The summed E-state index contributed by atoms with van der Waals surface area (Å²) in [5.74, 6) is 10.1. The molecule has 1 aromatic carbocycles. The number of piperidine rings is 1. The summed E-state index contributed by atoms with van der Waals surface area (Å²) in [7, 11) is 1.98. The van der Waals surface area contributed by atoms with Gasteiger partial charge in [-0.1, -0.05) is 12.0 Å². The number of imidazole rings is 1. The van der Waals surface area contributed by atoms with Crippen molar-refractivity contribution in [1.29, 1.82) is 0 Å². The second kappa shape index (κ2) is 14.8. The molecule has 0 radical (unpaired) electrons. The van der Waals surface area contributed by atoms with Crippen molar-refractivity contribution >= 4 is 28.7 Å². The van der Waals surface area contributed by atoms with Gasteiger partial charge in [-0.05, 0) is 87.4 Å². The Balaban J connectivity index is 0.000000216. The fraction of sp³-hybridized carbons (Fsp3) is 0.439. The second-order valence-electron chi connectivity index (χ2n) is 14.9. The zero-order chi connectivity index (χ0) is 36.6. The van der Waals surface area contributed by atoms with Crippen molar-refractivity contribution in [3.05, 3.63) is 66.5 Å². The maximum Gasteiger partial charge on any atom is 0.298 e. The number of aromatic nitrogens is 6. The Morgan fingerprint density at radius 1 is 0.926 bits per heavy atom. The number of pyridine rings is 2. The zero-order valence-electron chi connectivity index (χ0n) is 30.8. The van der Waals surface area contributed by atoms with Gasteiger partial charge in [-0.3, -0.25) is 14.3 Å². The van der Waals surface area contributed by atoms with E-state index in [0.717, 1.165) is 104 Å². The van der Waals surface area contributed by atoms with Gasteiger partial charge in [0.15, 0.2) is 23.1 Å². The second-order valence-corrected chi connectivity index (χ2v) is 14.9. The van der Waals surface area contributed by atoms with Crippen LogP contribution in [0, 0.1) is 17.8 Å². The molecule has 4 aromatic heterocycles. The third-order valence-corrected chi connectivity index (χ3v) is 11.2. The van der Waals surface area contributed by atoms with Gasteiger partial charge in [0.05, 0.1) is 17.9 Å². The minimum Gasteiger partial charge on any atom is -0.493 e. The number of amides is 1. The monoisotopic (exact) mass is 725 g/mol. The van der Waals surface area contributed by atoms with Crippen molar-refractivity contribution < 1.29 is 9.53 Å². The number of likely N-dealkylation sites (tertiary alicyclic amines) is 1. The van der Waals surface area contributed by atoms with Crippen LogP contribution < -0.4 is 20.7 Å². The molecule has 278 valence electrons. The molecule has 0 bridgehead atoms. The lowest BCUT2D eigenvalue weighted by molar-refractivity contribution is -0.126. The fourth-order valence-electron chi connectivity index (χ4n) is 7.61. The number of nitrogens with two attached hydrogens (primary N) is 1. The summed E-state index contributed by atoms with van der Waals surface area (Å²) in [6.07, 6.45) is 11.8. The molecule has 54 heavy (non-hydrogen) atoms. The predicted molar refractivity (Wildman–Crippen MR) is 209 cm³/mol. The number of carbonyl (C=O) groups excluding carboxylic acids is 1. The van der Waals surface area contributed by atoms with Gasteiger partial charge >= 0.3 is 0 Å². The molecule has 13 heteroatoms. The van der Waals surface area contributed by atoms with E-state index in [0.29, 0.717) is 30.2 Å². The summed E-state index contributed by atoms with van der Waals surface area (Å²) < 4.78 is 9.77. The number of benzene rings is 1. The maximum atomic E-state index is 11.7. The van der Waals surface area contributed by atoms with Gasteiger partial charge in [0, 0.05) is 88.2 Å². The van der Waals surface area contributed by atoms with E-state index < -0.39 is 0 Å². The number of rotatable bonds is 6. The van der Waals surface area contributed by atoms with Gasteiger partial charge in [-0.15, -0.1) is 5.10 Å². The number of carbonyl (C=O) groups is 1. The molecule has 3 aliphatic heterocycles. The number of hydrogen-bond donors (Lipinski definition) is 2. The first-order valence-electron chi connectivity index (χ1n) is 19.4. The molecule has 0 atom stereocenters. The van der Waals surface area contributed by atoms with E-state index in [9.17, 15) is 4.79 Å². The smallest absolute Gasteiger partial charge is 0.298 e. The summed E-state index contributed by atoms with van der Waals surface area (Å²) in [4.78, 5) is 32.8. The number of ether oxygens (including phenoxy) is 1. The number of piperazine rings is 1. The first-order chi connectivity index (χ1) is 26.5. The number of fused-ring (bicyclic) bond motifs is 2. The standard InChI is InChI=1S/C29H29N9O.C12H18N2O/c30-27-22(2-1-11-31-27)28-32-23-7-8-25(33-29(23)38(28)21-4-3-19-10-17-39-24(19)18-21)37-12-9-26(34-37)36-15-13-35(14-16-36)20-5-6-20;1-13-11-6-8-14(9-7-11)12(15)5-4-10-2-3-10/h1-4,7-9,11-12,18,20H,5-6,10,13-17H2,(H2,30,31);10-11,13H,2-3,6-9H2,1H3. The molecule has 5 aliphatic rings. The van der Waals surface area contributed by atoms with Crippen molar-refractivity contribution in [2.75, 3.05) is 63.6 Å². The molecule has 10 rings (SSSR count). The Morgan fingerprint density at radius 2 is 1.76 bits per heavy atom. The van der Waals surface area contributed by atoms with Crippen molar-refractivity contribution in [3.63, 3.8) is 0 Å². The minimum absolute atomic E-state index is 0.0245. The third-order valence-electron chi connectivity index (χ3n) is 11.2. The van der Waals surface area contributed by atoms with Crippen LogP contribution in [0.4, 0.5) is 11.6 Å². The highest BCUT2D eigenvalue weighted by atomic mass is 16.5. The Labute approximate surface area is 315 Å². The van der Waals surface area contributed by atoms with Crippen LogP contribution >= 0.6 is 0 Å². The van der Waals surface area contributed by atoms with Crippen molar-refractivity contribution in [3.8, 4) is 40.5 Å². The summed E-state index contributed by atoms with van der Waals surface area (Å²) in [5, 5.41) is 8.16. The van der Waals surface area contributed by atoms with Gasteiger partial charge in [0.2, 0.25) is 0 Å². The van der Waals surface area contributed by atoms with E-state index >= 15 is 0 Å². The highest BCUT2D eigenvalue weighted by Gasteiger charge is 2.32. The Bertz CT molecular complexity index is 2210. The van der Waals surface area contributed by atoms with Crippen molar-refractivity contribution in [2.24, 2.45) is 5.92 Å². The first kappa shape index (κ1) is 34.3. The fourth-order valence-corrected chi connectivity index (χ4v) is 7.61. The summed E-state index contributed by atoms with van der Waals surface area (Å²) >= 11 is 0. The molecule has 4 fully saturated rings. The quantitative estimate of drug-likeness (QED) is 0.247. The van der Waals surface area contributed by atoms with Gasteiger partial charge < -0.3 is 25.6 Å². The minimum atomic E-state index is 0.0245. The normalized spacial score (nSPS) is 18.8. The van der Waals surface area contributed by atoms with Crippen LogP contribution in [0.5, 0.6) is 5.75 Å². The first-order valence-corrected chi connectivity index (χ1v) is 19.4. The number of nitrogens with one attached hydrogen (secondary N) is 1. The molecule has 5 aromatic rings. The topological polar surface area (TPSA) is 135 Å². The SMILES string of the molecule is CNC1CCN(C(=O)C#CC2CC2)CC1.Nc1ncccc1-c1nc2ccc(-n3ccc(N4CCN(C5CC5)CC4)n3)nc2n1-c1ccc2c(c1)OCC2. The maximum absolute atomic E-state index is 11.7. The van der Waals surface area contributed by atoms with E-state index in [2.05, 4.69) is 56.2 Å². The molecule has 0 spiro atoms. The molecule has 0 unspecified atom stereocenters. The molecule has 2 saturated heterocycles. The van der Waals surface area contributed by atoms with E-state index in [4.69, 9.17) is 25.5 Å². The van der Waals surface area contributed by atoms with Gasteiger partial charge in [0.1, 0.15) is 17.1 Å². The van der Waals surface area contributed by atoms with Crippen LogP contribution in [0.25, 0.3) is 34.1 Å². The van der Waals surface area contributed by atoms with E-state index in [1.807, 2.05) is 51.7 Å². The van der Waals surface area contributed by atoms with Crippen LogP contribution in [-0.2, 0) is 11.2 Å². The average Bonchev–Trinajstić information content (AvgIpc) is 4.10. The van der Waals surface area contributed by atoms with Gasteiger partial charge in [0.25, 0.3) is 5.91 Å². The third kappa shape index (κ3) is 7.23. The van der Waals surface area contributed by atoms with Crippen LogP contribution in [0.1, 0.15) is 44.1 Å². The van der Waals surface area contributed by atoms with Crippen LogP contribution in [0.3, 0.4) is 0 Å². The predicted octanol–water partition coefficient (Wildman–Crippen LogP) is 4.08. The summed E-state index contributed by atoms with van der Waals surface area (Å²) in [6, 6.07) is 17.5. The van der Waals surface area contributed by atoms with Crippen molar-refractivity contribution in [1.82, 2.24) is 44.4 Å². The molecule has 7 heterocycles. The average molecular weight is 726 g/mol. The highest BCUT2D eigenvalue weighted by molar-refractivity contribution is 5.93. The lowest BCUT2D eigenvalue weighted by atomic mass is 10.1.